The van der Waals surface area contributed by atoms with E-state index in [-0.39, 0.29) is 36.3 Å². The first-order chi connectivity index (χ1) is 12.0. The van der Waals surface area contributed by atoms with E-state index >= 15 is 0 Å². The molecule has 4 nitrogen and oxygen atoms in total. The molecule has 25 heavy (non-hydrogen) atoms. The Bertz CT molecular complexity index is 866. The van der Waals surface area contributed by atoms with E-state index in [1.54, 1.807) is 6.92 Å². The fourth-order valence-corrected chi connectivity index (χ4v) is 5.23. The molecular weight excluding hydrogens is 312 g/mol. The van der Waals surface area contributed by atoms with E-state index in [0.29, 0.717) is 5.57 Å². The zero-order valence-electron chi connectivity index (χ0n) is 15.2. The van der Waals surface area contributed by atoms with E-state index in [2.05, 4.69) is 54.4 Å². The molecule has 2 bridgehead atoms. The van der Waals surface area contributed by atoms with Crippen molar-refractivity contribution in [2.45, 2.75) is 31.8 Å². The van der Waals surface area contributed by atoms with Gasteiger partial charge in [-0.25, -0.2) is 0 Å². The summed E-state index contributed by atoms with van der Waals surface area (Å²) >= 11 is 0. The third kappa shape index (κ3) is 2.24. The number of fused-ring (bicyclic) bond motifs is 6. The smallest absolute Gasteiger partial charge is 0.155 e. The molecule has 0 spiro atoms. The summed E-state index contributed by atoms with van der Waals surface area (Å²) in [6, 6.07) is 9.06. The molecule has 4 rings (SSSR count). The fraction of sp³-hybridized carbons (Fsp3) is 0.476. The molecule has 132 valence electrons. The Morgan fingerprint density at radius 2 is 2.04 bits per heavy atom. The van der Waals surface area contributed by atoms with Crippen LogP contribution in [0.1, 0.15) is 30.6 Å². The number of likely N-dealkylation sites (N-methyl/N-ethyl adjacent to an activating group) is 1. The molecule has 1 aromatic heterocycles. The topological polar surface area (TPSA) is 45.5 Å². The average Bonchev–Trinajstić information content (AvgIpc) is 2.87. The van der Waals surface area contributed by atoms with Crippen LogP contribution in [-0.4, -0.2) is 40.1 Å². The summed E-state index contributed by atoms with van der Waals surface area (Å²) in [5, 5.41) is 11.4. The largest absolute Gasteiger partial charge is 0.396 e. The number of carbonyl (C=O) groups is 1. The van der Waals surface area contributed by atoms with Crippen LogP contribution >= 0.6 is 0 Å². The summed E-state index contributed by atoms with van der Waals surface area (Å²) in [4.78, 5) is 14.4. The fourth-order valence-electron chi connectivity index (χ4n) is 5.23. The van der Waals surface area contributed by atoms with Crippen molar-refractivity contribution < 1.29 is 9.90 Å². The molecule has 4 heteroatoms. The van der Waals surface area contributed by atoms with Gasteiger partial charge in [0.25, 0.3) is 0 Å². The van der Waals surface area contributed by atoms with Gasteiger partial charge >= 0.3 is 0 Å². The maximum atomic E-state index is 12.0. The van der Waals surface area contributed by atoms with Crippen LogP contribution in [0.3, 0.4) is 0 Å². The molecule has 1 aromatic carbocycles. The van der Waals surface area contributed by atoms with Crippen molar-refractivity contribution in [1.82, 2.24) is 9.47 Å². The third-order valence-corrected chi connectivity index (χ3v) is 6.60. The lowest BCUT2D eigenvalue weighted by atomic mass is 9.68. The number of para-hydroxylation sites is 1. The zero-order valence-corrected chi connectivity index (χ0v) is 15.2. The van der Waals surface area contributed by atoms with Gasteiger partial charge in [-0.1, -0.05) is 24.8 Å². The molecule has 1 N–H and O–H groups in total. The lowest BCUT2D eigenvalue weighted by molar-refractivity contribution is -0.115. The molecule has 0 unspecified atom stereocenters. The van der Waals surface area contributed by atoms with Crippen LogP contribution < -0.4 is 0 Å². The normalized spacial score (nSPS) is 28.8. The van der Waals surface area contributed by atoms with Crippen molar-refractivity contribution in [2.24, 2.45) is 18.9 Å². The van der Waals surface area contributed by atoms with Crippen molar-refractivity contribution in [3.63, 3.8) is 0 Å². The van der Waals surface area contributed by atoms with Gasteiger partial charge < -0.3 is 9.67 Å². The van der Waals surface area contributed by atoms with E-state index < -0.39 is 0 Å². The maximum absolute atomic E-state index is 12.0. The van der Waals surface area contributed by atoms with Crippen molar-refractivity contribution >= 4 is 16.7 Å². The van der Waals surface area contributed by atoms with Gasteiger partial charge in [0.2, 0.25) is 0 Å². The van der Waals surface area contributed by atoms with Gasteiger partial charge in [0, 0.05) is 42.2 Å². The Morgan fingerprint density at radius 3 is 2.72 bits per heavy atom. The second-order valence-electron chi connectivity index (χ2n) is 7.66. The first kappa shape index (κ1) is 16.6. The van der Waals surface area contributed by atoms with Crippen LogP contribution in [0.2, 0.25) is 0 Å². The molecule has 0 amide bonds. The number of hydrogen-bond acceptors (Lipinski definition) is 3. The number of aryl methyl sites for hydroxylation is 1. The Kier molecular flexibility index (Phi) is 3.85. The Morgan fingerprint density at radius 1 is 1.32 bits per heavy atom. The summed E-state index contributed by atoms with van der Waals surface area (Å²) in [5.41, 5.74) is 4.70. The van der Waals surface area contributed by atoms with Gasteiger partial charge in [-0.3, -0.25) is 9.69 Å². The number of aliphatic hydroxyl groups is 1. The Labute approximate surface area is 148 Å². The predicted octanol–water partition coefficient (Wildman–Crippen LogP) is 2.85. The number of piperidine rings is 1. The van der Waals surface area contributed by atoms with Crippen LogP contribution in [0.25, 0.3) is 10.9 Å². The van der Waals surface area contributed by atoms with Gasteiger partial charge in [-0.15, -0.1) is 0 Å². The lowest BCUT2D eigenvalue weighted by Gasteiger charge is -2.51. The van der Waals surface area contributed by atoms with Gasteiger partial charge in [0.05, 0.1) is 6.04 Å². The molecule has 2 aromatic rings. The van der Waals surface area contributed by atoms with E-state index in [0.717, 1.165) is 12.8 Å². The molecule has 2 aliphatic rings. The van der Waals surface area contributed by atoms with Gasteiger partial charge in [0.1, 0.15) is 0 Å². The van der Waals surface area contributed by atoms with Crippen molar-refractivity contribution in [1.29, 1.82) is 0 Å². The van der Waals surface area contributed by atoms with E-state index in [4.69, 9.17) is 0 Å². The number of ketones is 1. The van der Waals surface area contributed by atoms with Crippen molar-refractivity contribution in [2.75, 3.05) is 13.7 Å². The standard InChI is InChI=1S/C21H26N2O2/c1-12(13(2)25)15-9-20-21-16(10-19(22(20)3)17(15)11-24)14-7-5-6-8-18(14)23(21)4/h5-8,15,17,19-20,24H,1,9-11H2,2-4H3/t15-,17+,19+,20+/m0/s1. The molecule has 0 aliphatic carbocycles. The minimum Gasteiger partial charge on any atom is -0.396 e. The van der Waals surface area contributed by atoms with Crippen LogP contribution in [0.15, 0.2) is 36.4 Å². The number of rotatable bonds is 3. The minimum absolute atomic E-state index is 0.0448. The molecule has 1 saturated heterocycles. The molecule has 0 saturated carbocycles. The summed E-state index contributed by atoms with van der Waals surface area (Å²) in [6.07, 6.45) is 1.75. The van der Waals surface area contributed by atoms with E-state index in [1.165, 1.54) is 22.2 Å². The zero-order chi connectivity index (χ0) is 17.9. The molecule has 3 heterocycles. The highest BCUT2D eigenvalue weighted by molar-refractivity contribution is 5.93. The first-order valence-electron chi connectivity index (χ1n) is 9.04. The second kappa shape index (κ2) is 5.82. The number of aliphatic hydroxyl groups excluding tert-OH is 1. The quantitative estimate of drug-likeness (QED) is 0.876. The third-order valence-electron chi connectivity index (χ3n) is 6.60. The highest BCUT2D eigenvalue weighted by Crippen LogP contribution is 2.49. The summed E-state index contributed by atoms with van der Waals surface area (Å²) < 4.78 is 2.31. The number of nitrogens with zero attached hydrogens (tertiary/aromatic N) is 2. The number of aromatic nitrogens is 1. The average molecular weight is 338 g/mol. The predicted molar refractivity (Wildman–Crippen MR) is 99.4 cm³/mol. The molecule has 0 radical (unpaired) electrons. The van der Waals surface area contributed by atoms with E-state index in [1.807, 2.05) is 0 Å². The Hall–Kier alpha value is -1.91. The number of Topliss-reactive ketones (excluding diaryl/α,β-unsaturated/α-hetero) is 1. The number of hydrogen-bond donors (Lipinski definition) is 1. The molecule has 2 aliphatic heterocycles. The van der Waals surface area contributed by atoms with Crippen LogP contribution in [0.4, 0.5) is 0 Å². The van der Waals surface area contributed by atoms with E-state index in [9.17, 15) is 9.90 Å². The summed E-state index contributed by atoms with van der Waals surface area (Å²) in [6.45, 7) is 5.75. The maximum Gasteiger partial charge on any atom is 0.155 e. The monoisotopic (exact) mass is 338 g/mol. The highest BCUT2D eigenvalue weighted by Gasteiger charge is 2.48. The molecular formula is C21H26N2O2. The SMILES string of the molecule is C=C(C(C)=O)[C@@H]1C[C@@H]2c3c(c4ccccc4n3C)C[C@H]([C@@H]1CO)N2C. The lowest BCUT2D eigenvalue weighted by Crippen LogP contribution is -2.54. The number of benzene rings is 1. The van der Waals surface area contributed by atoms with Crippen molar-refractivity contribution in [3.05, 3.63) is 47.7 Å². The van der Waals surface area contributed by atoms with Gasteiger partial charge in [0.15, 0.2) is 5.78 Å². The first-order valence-corrected chi connectivity index (χ1v) is 9.04. The minimum atomic E-state index is 0.0448. The van der Waals surface area contributed by atoms with Gasteiger partial charge in [-0.05, 0) is 49.9 Å². The summed E-state index contributed by atoms with van der Waals surface area (Å²) in [7, 11) is 4.30. The molecule has 4 atom stereocenters. The van der Waals surface area contributed by atoms with Crippen molar-refractivity contribution in [3.8, 4) is 0 Å². The summed E-state index contributed by atoms with van der Waals surface area (Å²) in [5.74, 6) is 0.160. The van der Waals surface area contributed by atoms with Crippen LogP contribution in [-0.2, 0) is 18.3 Å². The Balaban J connectivity index is 1.87. The number of carbonyl (C=O) groups excluding carboxylic acids is 1. The second-order valence-corrected chi connectivity index (χ2v) is 7.66. The molecule has 1 fully saturated rings. The number of allylic oxidation sites excluding steroid dienone is 1. The van der Waals surface area contributed by atoms with Gasteiger partial charge in [-0.2, -0.15) is 0 Å². The van der Waals surface area contributed by atoms with Crippen LogP contribution in [0, 0.1) is 11.8 Å². The highest BCUT2D eigenvalue weighted by atomic mass is 16.3. The van der Waals surface area contributed by atoms with Crippen LogP contribution in [0.5, 0.6) is 0 Å².